The standard InChI is InChI=1S/C12H17NO3/c1-3-10-7-5-6-8-11(10)9-16-13-12(14)15-4-2/h5-8H,3-4,9H2,1-2H3,(H,13,14). The van der Waals surface area contributed by atoms with Crippen molar-refractivity contribution in [3.8, 4) is 0 Å². The van der Waals surface area contributed by atoms with Crippen molar-refractivity contribution in [1.29, 1.82) is 0 Å². The average molecular weight is 223 g/mol. The molecule has 0 fully saturated rings. The molecule has 0 aliphatic heterocycles. The van der Waals surface area contributed by atoms with E-state index >= 15 is 0 Å². The van der Waals surface area contributed by atoms with Gasteiger partial charge in [-0.3, -0.25) is 4.84 Å². The molecule has 1 aromatic rings. The number of carbonyl (C=O) groups excluding carboxylic acids is 1. The van der Waals surface area contributed by atoms with E-state index in [0.717, 1.165) is 12.0 Å². The number of benzene rings is 1. The van der Waals surface area contributed by atoms with Crippen LogP contribution in [0.1, 0.15) is 25.0 Å². The van der Waals surface area contributed by atoms with Gasteiger partial charge in [0.15, 0.2) is 0 Å². The van der Waals surface area contributed by atoms with Crippen molar-refractivity contribution in [3.05, 3.63) is 35.4 Å². The van der Waals surface area contributed by atoms with Crippen LogP contribution in [0.25, 0.3) is 0 Å². The molecule has 4 heteroatoms. The second kappa shape index (κ2) is 6.85. The van der Waals surface area contributed by atoms with Gasteiger partial charge in [0.2, 0.25) is 0 Å². The van der Waals surface area contributed by atoms with Crippen LogP contribution in [0.3, 0.4) is 0 Å². The van der Waals surface area contributed by atoms with Gasteiger partial charge >= 0.3 is 6.09 Å². The van der Waals surface area contributed by atoms with Crippen LogP contribution < -0.4 is 5.48 Å². The Labute approximate surface area is 95.5 Å². The number of nitrogens with one attached hydrogen (secondary N) is 1. The summed E-state index contributed by atoms with van der Waals surface area (Å²) in [5.74, 6) is 0. The van der Waals surface area contributed by atoms with Gasteiger partial charge in [-0.2, -0.15) is 5.48 Å². The van der Waals surface area contributed by atoms with Gasteiger partial charge in [-0.05, 0) is 24.5 Å². The third kappa shape index (κ3) is 3.90. The Balaban J connectivity index is 2.39. The SMILES string of the molecule is CCOC(=O)NOCc1ccccc1CC. The van der Waals surface area contributed by atoms with Crippen LogP contribution >= 0.6 is 0 Å². The molecule has 1 rings (SSSR count). The molecule has 0 aromatic heterocycles. The van der Waals surface area contributed by atoms with Gasteiger partial charge in [0.05, 0.1) is 6.61 Å². The minimum atomic E-state index is -0.559. The number of hydrogen-bond acceptors (Lipinski definition) is 3. The highest BCUT2D eigenvalue weighted by molar-refractivity contribution is 5.65. The fraction of sp³-hybridized carbons (Fsp3) is 0.417. The Hall–Kier alpha value is -1.55. The predicted molar refractivity (Wildman–Crippen MR) is 60.8 cm³/mol. The smallest absolute Gasteiger partial charge is 0.431 e. The average Bonchev–Trinajstić information content (AvgIpc) is 2.30. The van der Waals surface area contributed by atoms with Gasteiger partial charge in [0.25, 0.3) is 0 Å². The Morgan fingerprint density at radius 3 is 2.56 bits per heavy atom. The van der Waals surface area contributed by atoms with Crippen molar-refractivity contribution in [3.63, 3.8) is 0 Å². The first-order valence-corrected chi connectivity index (χ1v) is 5.39. The zero-order valence-electron chi connectivity index (χ0n) is 9.66. The van der Waals surface area contributed by atoms with Crippen molar-refractivity contribution in [2.75, 3.05) is 6.61 Å². The third-order valence-electron chi connectivity index (χ3n) is 2.16. The van der Waals surface area contributed by atoms with Crippen LogP contribution in [0.2, 0.25) is 0 Å². The first-order valence-electron chi connectivity index (χ1n) is 5.39. The Bertz CT molecular complexity index is 339. The Morgan fingerprint density at radius 1 is 1.25 bits per heavy atom. The van der Waals surface area contributed by atoms with Gasteiger partial charge in [-0.25, -0.2) is 4.79 Å². The normalized spacial score (nSPS) is 9.88. The summed E-state index contributed by atoms with van der Waals surface area (Å²) in [6.07, 6.45) is 0.385. The summed E-state index contributed by atoms with van der Waals surface area (Å²) in [6.45, 7) is 4.51. The van der Waals surface area contributed by atoms with Crippen molar-refractivity contribution < 1.29 is 14.4 Å². The van der Waals surface area contributed by atoms with Crippen LogP contribution in [0.15, 0.2) is 24.3 Å². The highest BCUT2D eigenvalue weighted by atomic mass is 16.7. The van der Waals surface area contributed by atoms with Crippen LogP contribution in [0, 0.1) is 0 Å². The predicted octanol–water partition coefficient (Wildman–Crippen LogP) is 2.43. The third-order valence-corrected chi connectivity index (χ3v) is 2.16. The number of ether oxygens (including phenoxy) is 1. The fourth-order valence-corrected chi connectivity index (χ4v) is 1.38. The number of hydrogen-bond donors (Lipinski definition) is 1. The lowest BCUT2D eigenvalue weighted by atomic mass is 10.1. The van der Waals surface area contributed by atoms with Gasteiger partial charge in [-0.1, -0.05) is 31.2 Å². The lowest BCUT2D eigenvalue weighted by molar-refractivity contribution is 0.0196. The van der Waals surface area contributed by atoms with E-state index < -0.39 is 6.09 Å². The van der Waals surface area contributed by atoms with Gasteiger partial charge in [0.1, 0.15) is 6.61 Å². The summed E-state index contributed by atoms with van der Waals surface area (Å²) in [6, 6.07) is 7.96. The molecule has 1 N–H and O–H groups in total. The number of rotatable bonds is 5. The second-order valence-electron chi connectivity index (χ2n) is 3.23. The molecule has 88 valence electrons. The molecule has 0 atom stereocenters. The van der Waals surface area contributed by atoms with E-state index in [2.05, 4.69) is 17.1 Å². The zero-order chi connectivity index (χ0) is 11.8. The molecule has 0 spiro atoms. The second-order valence-corrected chi connectivity index (χ2v) is 3.23. The van der Waals surface area contributed by atoms with E-state index in [0.29, 0.717) is 13.2 Å². The molecule has 0 saturated heterocycles. The van der Waals surface area contributed by atoms with Gasteiger partial charge in [0, 0.05) is 0 Å². The van der Waals surface area contributed by atoms with Crippen LogP contribution in [0.4, 0.5) is 4.79 Å². The van der Waals surface area contributed by atoms with E-state index in [1.54, 1.807) is 6.92 Å². The van der Waals surface area contributed by atoms with E-state index in [-0.39, 0.29) is 0 Å². The quantitative estimate of drug-likeness (QED) is 0.780. The summed E-state index contributed by atoms with van der Waals surface area (Å²) < 4.78 is 4.66. The monoisotopic (exact) mass is 223 g/mol. The molecular formula is C12H17NO3. The summed E-state index contributed by atoms with van der Waals surface area (Å²) in [7, 11) is 0. The first kappa shape index (κ1) is 12.5. The van der Waals surface area contributed by atoms with Crippen LogP contribution in [-0.4, -0.2) is 12.7 Å². The zero-order valence-corrected chi connectivity index (χ0v) is 9.66. The van der Waals surface area contributed by atoms with Crippen molar-refractivity contribution in [1.82, 2.24) is 5.48 Å². The van der Waals surface area contributed by atoms with Crippen molar-refractivity contribution in [2.45, 2.75) is 26.9 Å². The molecule has 0 aliphatic rings. The van der Waals surface area contributed by atoms with E-state index in [1.165, 1.54) is 5.56 Å². The Kier molecular flexibility index (Phi) is 5.36. The molecule has 0 unspecified atom stereocenters. The highest BCUT2D eigenvalue weighted by Gasteiger charge is 2.02. The minimum Gasteiger partial charge on any atom is -0.448 e. The highest BCUT2D eigenvalue weighted by Crippen LogP contribution is 2.09. The molecule has 0 saturated carbocycles. The molecule has 0 aliphatic carbocycles. The van der Waals surface area contributed by atoms with Crippen molar-refractivity contribution in [2.24, 2.45) is 0 Å². The fourth-order valence-electron chi connectivity index (χ4n) is 1.38. The molecule has 0 bridgehead atoms. The van der Waals surface area contributed by atoms with Gasteiger partial charge < -0.3 is 4.74 Å². The minimum absolute atomic E-state index is 0.334. The molecule has 0 radical (unpaired) electrons. The van der Waals surface area contributed by atoms with Crippen LogP contribution in [0.5, 0.6) is 0 Å². The maximum absolute atomic E-state index is 10.9. The molecule has 4 nitrogen and oxygen atoms in total. The number of amides is 1. The lowest BCUT2D eigenvalue weighted by Gasteiger charge is -2.08. The van der Waals surface area contributed by atoms with Crippen LogP contribution in [-0.2, 0) is 22.6 Å². The number of aryl methyl sites for hydroxylation is 1. The maximum atomic E-state index is 10.9. The van der Waals surface area contributed by atoms with E-state index in [1.807, 2.05) is 24.3 Å². The molecular weight excluding hydrogens is 206 g/mol. The lowest BCUT2D eigenvalue weighted by Crippen LogP contribution is -2.24. The van der Waals surface area contributed by atoms with E-state index in [4.69, 9.17) is 4.84 Å². The molecule has 0 heterocycles. The Morgan fingerprint density at radius 2 is 1.94 bits per heavy atom. The molecule has 16 heavy (non-hydrogen) atoms. The molecule has 1 amide bonds. The molecule has 1 aromatic carbocycles. The largest absolute Gasteiger partial charge is 0.448 e. The number of hydroxylamine groups is 1. The summed E-state index contributed by atoms with van der Waals surface area (Å²) in [4.78, 5) is 16.0. The maximum Gasteiger partial charge on any atom is 0.431 e. The first-order chi connectivity index (χ1) is 7.77. The number of carbonyl (C=O) groups is 1. The van der Waals surface area contributed by atoms with Gasteiger partial charge in [-0.15, -0.1) is 0 Å². The topological polar surface area (TPSA) is 47.6 Å². The van der Waals surface area contributed by atoms with E-state index in [9.17, 15) is 4.79 Å². The van der Waals surface area contributed by atoms with Crippen molar-refractivity contribution >= 4 is 6.09 Å². The summed E-state index contributed by atoms with van der Waals surface area (Å²) in [5.41, 5.74) is 4.51. The summed E-state index contributed by atoms with van der Waals surface area (Å²) >= 11 is 0. The summed E-state index contributed by atoms with van der Waals surface area (Å²) in [5, 5.41) is 0.